The molecular weight excluding hydrogens is 274 g/mol. The summed E-state index contributed by atoms with van der Waals surface area (Å²) in [7, 11) is -3.78. The highest BCUT2D eigenvalue weighted by molar-refractivity contribution is 7.90. The summed E-state index contributed by atoms with van der Waals surface area (Å²) < 4.78 is 27.4. The molecule has 0 aliphatic heterocycles. The molecule has 0 N–H and O–H groups in total. The van der Waals surface area contributed by atoms with Crippen molar-refractivity contribution >= 4 is 33.1 Å². The molecule has 0 spiro atoms. The van der Waals surface area contributed by atoms with E-state index < -0.39 is 10.0 Å². The fraction of sp³-hybridized carbons (Fsp3) is 0. The Bertz CT molecular complexity index is 673. The van der Waals surface area contributed by atoms with E-state index in [-0.39, 0.29) is 21.4 Å². The summed E-state index contributed by atoms with van der Waals surface area (Å²) in [6.07, 6.45) is 3.72. The average molecular weight is 282 g/mol. The third-order valence-corrected chi connectivity index (χ3v) is 3.80. The van der Waals surface area contributed by atoms with Crippen molar-refractivity contribution in [3.63, 3.8) is 0 Å². The molecule has 2 rings (SSSR count). The van der Waals surface area contributed by atoms with Gasteiger partial charge in [0.1, 0.15) is 0 Å². The Kier molecular flexibility index (Phi) is 3.45. The SMILES string of the molecule is O=C1C=C/C(=N/S(=O)(=O)c2ccccc2)C=C1Cl. The second kappa shape index (κ2) is 4.88. The fourth-order valence-corrected chi connectivity index (χ4v) is 2.50. The van der Waals surface area contributed by atoms with Crippen molar-refractivity contribution in [2.24, 2.45) is 4.40 Å². The molecule has 92 valence electrons. The van der Waals surface area contributed by atoms with Crippen molar-refractivity contribution < 1.29 is 13.2 Å². The molecule has 0 atom stereocenters. The van der Waals surface area contributed by atoms with Gasteiger partial charge in [-0.15, -0.1) is 0 Å². The van der Waals surface area contributed by atoms with Crippen LogP contribution in [0.25, 0.3) is 0 Å². The van der Waals surface area contributed by atoms with E-state index in [1.807, 2.05) is 0 Å². The lowest BCUT2D eigenvalue weighted by Gasteiger charge is -2.03. The van der Waals surface area contributed by atoms with Gasteiger partial charge in [-0.2, -0.15) is 12.8 Å². The summed E-state index contributed by atoms with van der Waals surface area (Å²) in [5.41, 5.74) is 0.128. The van der Waals surface area contributed by atoms with Gasteiger partial charge in [-0.1, -0.05) is 29.8 Å². The third kappa shape index (κ3) is 2.75. The fourth-order valence-electron chi connectivity index (χ4n) is 1.33. The minimum absolute atomic E-state index is 0.0560. The van der Waals surface area contributed by atoms with Crippen molar-refractivity contribution in [3.05, 3.63) is 53.6 Å². The van der Waals surface area contributed by atoms with Crippen molar-refractivity contribution in [1.82, 2.24) is 0 Å². The molecule has 1 aromatic carbocycles. The lowest BCUT2D eigenvalue weighted by Crippen LogP contribution is -2.07. The van der Waals surface area contributed by atoms with E-state index in [1.54, 1.807) is 18.2 Å². The molecule has 0 aromatic heterocycles. The van der Waals surface area contributed by atoms with E-state index in [1.165, 1.54) is 30.4 Å². The highest BCUT2D eigenvalue weighted by atomic mass is 35.5. The molecule has 0 saturated heterocycles. The molecule has 6 heteroatoms. The first-order chi connectivity index (χ1) is 8.49. The second-order valence-electron chi connectivity index (χ2n) is 3.49. The number of carbonyl (C=O) groups is 1. The molecule has 0 bridgehead atoms. The van der Waals surface area contributed by atoms with Crippen LogP contribution in [-0.2, 0) is 14.8 Å². The molecule has 0 fully saturated rings. The van der Waals surface area contributed by atoms with Crippen LogP contribution < -0.4 is 0 Å². The van der Waals surface area contributed by atoms with Crippen LogP contribution in [0.5, 0.6) is 0 Å². The molecule has 0 radical (unpaired) electrons. The molecule has 0 saturated carbocycles. The summed E-state index contributed by atoms with van der Waals surface area (Å²) >= 11 is 5.62. The Morgan fingerprint density at radius 1 is 1.06 bits per heavy atom. The molecular formula is C12H8ClNO3S. The van der Waals surface area contributed by atoms with Crippen LogP contribution >= 0.6 is 11.6 Å². The molecule has 0 heterocycles. The minimum atomic E-state index is -3.78. The number of halogens is 1. The van der Waals surface area contributed by atoms with Crippen molar-refractivity contribution in [3.8, 4) is 0 Å². The largest absolute Gasteiger partial charge is 0.288 e. The number of sulfonamides is 1. The number of allylic oxidation sites excluding steroid dienone is 4. The smallest absolute Gasteiger partial charge is 0.282 e. The van der Waals surface area contributed by atoms with Crippen LogP contribution in [0.1, 0.15) is 0 Å². The molecule has 4 nitrogen and oxygen atoms in total. The molecule has 0 unspecified atom stereocenters. The van der Waals surface area contributed by atoms with Gasteiger partial charge in [-0.25, -0.2) is 0 Å². The number of hydrogen-bond donors (Lipinski definition) is 0. The van der Waals surface area contributed by atoms with Crippen LogP contribution in [0.15, 0.2) is 62.9 Å². The van der Waals surface area contributed by atoms with E-state index >= 15 is 0 Å². The van der Waals surface area contributed by atoms with Crippen LogP contribution in [0.4, 0.5) is 0 Å². The van der Waals surface area contributed by atoms with Crippen LogP contribution in [0.3, 0.4) is 0 Å². The maximum Gasteiger partial charge on any atom is 0.282 e. The van der Waals surface area contributed by atoms with Gasteiger partial charge in [-0.3, -0.25) is 4.79 Å². The molecule has 1 aliphatic rings. The van der Waals surface area contributed by atoms with Gasteiger partial charge in [0.05, 0.1) is 15.6 Å². The summed E-state index contributed by atoms with van der Waals surface area (Å²) in [5.74, 6) is -0.368. The Balaban J connectivity index is 2.41. The van der Waals surface area contributed by atoms with E-state index in [0.717, 1.165) is 0 Å². The van der Waals surface area contributed by atoms with Crippen LogP contribution in [0, 0.1) is 0 Å². The summed E-state index contributed by atoms with van der Waals surface area (Å²) in [4.78, 5) is 11.2. The van der Waals surface area contributed by atoms with Gasteiger partial charge in [0.15, 0.2) is 5.78 Å². The number of hydrogen-bond acceptors (Lipinski definition) is 3. The van der Waals surface area contributed by atoms with Crippen molar-refractivity contribution in [2.45, 2.75) is 4.90 Å². The number of rotatable bonds is 2. The van der Waals surface area contributed by atoms with E-state index in [0.29, 0.717) is 0 Å². The number of nitrogens with zero attached hydrogens (tertiary/aromatic N) is 1. The predicted molar refractivity (Wildman–Crippen MR) is 69.1 cm³/mol. The zero-order chi connectivity index (χ0) is 13.2. The Morgan fingerprint density at radius 3 is 2.33 bits per heavy atom. The Morgan fingerprint density at radius 2 is 1.72 bits per heavy atom. The van der Waals surface area contributed by atoms with Gasteiger partial charge >= 0.3 is 0 Å². The van der Waals surface area contributed by atoms with Crippen molar-refractivity contribution in [1.29, 1.82) is 0 Å². The molecule has 0 amide bonds. The van der Waals surface area contributed by atoms with E-state index in [9.17, 15) is 13.2 Å². The van der Waals surface area contributed by atoms with Crippen molar-refractivity contribution in [2.75, 3.05) is 0 Å². The number of ketones is 1. The van der Waals surface area contributed by atoms with Gasteiger partial charge in [0.25, 0.3) is 10.0 Å². The predicted octanol–water partition coefficient (Wildman–Crippen LogP) is 2.08. The quantitative estimate of drug-likeness (QED) is 0.780. The van der Waals surface area contributed by atoms with E-state index in [2.05, 4.69) is 4.40 Å². The van der Waals surface area contributed by atoms with Gasteiger partial charge < -0.3 is 0 Å². The van der Waals surface area contributed by atoms with E-state index in [4.69, 9.17) is 11.6 Å². The summed E-state index contributed by atoms with van der Waals surface area (Å²) in [5, 5.41) is -0.0560. The Hall–Kier alpha value is -1.72. The normalized spacial score (nSPS) is 17.9. The zero-order valence-corrected chi connectivity index (χ0v) is 10.6. The molecule has 18 heavy (non-hydrogen) atoms. The number of carbonyl (C=O) groups excluding carboxylic acids is 1. The summed E-state index contributed by atoms with van der Waals surface area (Å²) in [6, 6.07) is 7.82. The molecule has 1 aromatic rings. The standard InChI is InChI=1S/C12H8ClNO3S/c13-11-8-9(6-7-12(11)15)14-18(16,17)10-4-2-1-3-5-10/h1-8H/b14-9-. The second-order valence-corrected chi connectivity index (χ2v) is 5.51. The minimum Gasteiger partial charge on any atom is -0.288 e. The number of benzene rings is 1. The summed E-state index contributed by atoms with van der Waals surface area (Å²) in [6.45, 7) is 0. The average Bonchev–Trinajstić information content (AvgIpc) is 2.35. The Labute approximate surface area is 109 Å². The van der Waals surface area contributed by atoms with Gasteiger partial charge in [-0.05, 0) is 30.4 Å². The first-order valence-electron chi connectivity index (χ1n) is 4.99. The van der Waals surface area contributed by atoms with Gasteiger partial charge in [0, 0.05) is 0 Å². The lowest BCUT2D eigenvalue weighted by atomic mass is 10.2. The van der Waals surface area contributed by atoms with Gasteiger partial charge in [0.2, 0.25) is 0 Å². The topological polar surface area (TPSA) is 63.6 Å². The maximum absolute atomic E-state index is 11.9. The monoisotopic (exact) mass is 281 g/mol. The maximum atomic E-state index is 11.9. The third-order valence-electron chi connectivity index (χ3n) is 2.18. The van der Waals surface area contributed by atoms with Crippen LogP contribution in [0.2, 0.25) is 0 Å². The first kappa shape index (κ1) is 12.7. The highest BCUT2D eigenvalue weighted by Gasteiger charge is 2.15. The van der Waals surface area contributed by atoms with Crippen LogP contribution in [-0.4, -0.2) is 19.9 Å². The zero-order valence-electron chi connectivity index (χ0n) is 9.08. The highest BCUT2D eigenvalue weighted by Crippen LogP contribution is 2.15. The molecule has 1 aliphatic carbocycles. The lowest BCUT2D eigenvalue weighted by molar-refractivity contribution is -0.110. The first-order valence-corrected chi connectivity index (χ1v) is 6.80.